The van der Waals surface area contributed by atoms with Crippen LogP contribution in [0.1, 0.15) is 54.7 Å². The molecule has 1 amide bonds. The number of methoxy groups -OCH3 is 1. The number of anilines is 2. The summed E-state index contributed by atoms with van der Waals surface area (Å²) in [5, 5.41) is 6.40. The van der Waals surface area contributed by atoms with Gasteiger partial charge in [-0.2, -0.15) is 0 Å². The van der Waals surface area contributed by atoms with Crippen molar-refractivity contribution in [3.63, 3.8) is 0 Å². The van der Waals surface area contributed by atoms with Gasteiger partial charge in [0.15, 0.2) is 0 Å². The van der Waals surface area contributed by atoms with E-state index in [-0.39, 0.29) is 5.91 Å². The van der Waals surface area contributed by atoms with E-state index in [9.17, 15) is 9.59 Å². The molecule has 186 valence electrons. The Morgan fingerprint density at radius 3 is 2.19 bits per heavy atom. The van der Waals surface area contributed by atoms with Gasteiger partial charge in [-0.15, -0.1) is 0 Å². The lowest BCUT2D eigenvalue weighted by Gasteiger charge is -2.30. The Kier molecular flexibility index (Phi) is 7.55. The Balaban J connectivity index is 1.70. The molecule has 0 atom stereocenters. The molecule has 0 saturated heterocycles. The third-order valence-electron chi connectivity index (χ3n) is 6.41. The van der Waals surface area contributed by atoms with E-state index in [4.69, 9.17) is 4.74 Å². The molecule has 3 aromatic carbocycles. The van der Waals surface area contributed by atoms with Crippen molar-refractivity contribution in [2.24, 2.45) is 0 Å². The summed E-state index contributed by atoms with van der Waals surface area (Å²) in [6.45, 7) is 9.74. The standard InChI is InChI=1S/C30H33N3O3/c1-19(2)33(20(3)4)18-21-11-14-24(15-12-21)31-28(22-9-7-6-8-10-22)27-25-16-13-23(30(35)36-5)17-26(25)32-29(27)34/h6-17,19-20,31H,18H2,1-5H3,(H,32,34)/b28-27-. The van der Waals surface area contributed by atoms with Gasteiger partial charge in [-0.05, 0) is 63.1 Å². The Hall–Kier alpha value is -3.90. The number of carbonyl (C=O) groups excluding carboxylic acids is 2. The number of nitrogens with one attached hydrogen (secondary N) is 2. The molecule has 36 heavy (non-hydrogen) atoms. The van der Waals surface area contributed by atoms with E-state index in [1.807, 2.05) is 42.5 Å². The lowest BCUT2D eigenvalue weighted by atomic mass is 9.99. The lowest BCUT2D eigenvalue weighted by Crippen LogP contribution is -2.36. The maximum atomic E-state index is 13.2. The highest BCUT2D eigenvalue weighted by atomic mass is 16.5. The molecule has 4 rings (SSSR count). The topological polar surface area (TPSA) is 70.7 Å². The van der Waals surface area contributed by atoms with E-state index in [1.165, 1.54) is 12.7 Å². The molecule has 3 aromatic rings. The van der Waals surface area contributed by atoms with E-state index >= 15 is 0 Å². The van der Waals surface area contributed by atoms with Gasteiger partial charge in [0.05, 0.1) is 29.6 Å². The molecule has 0 aliphatic carbocycles. The average molecular weight is 484 g/mol. The van der Waals surface area contributed by atoms with Crippen LogP contribution < -0.4 is 10.6 Å². The zero-order valence-electron chi connectivity index (χ0n) is 21.5. The maximum absolute atomic E-state index is 13.2. The second-order valence-electron chi connectivity index (χ2n) is 9.50. The normalized spacial score (nSPS) is 14.2. The smallest absolute Gasteiger partial charge is 0.337 e. The fourth-order valence-corrected chi connectivity index (χ4v) is 4.56. The van der Waals surface area contributed by atoms with E-state index in [2.05, 4.69) is 55.4 Å². The second-order valence-corrected chi connectivity index (χ2v) is 9.50. The molecule has 1 aliphatic heterocycles. The molecule has 6 heteroatoms. The van der Waals surface area contributed by atoms with Crippen molar-refractivity contribution in [3.8, 4) is 0 Å². The monoisotopic (exact) mass is 483 g/mol. The number of rotatable bonds is 8. The van der Waals surface area contributed by atoms with E-state index in [0.717, 1.165) is 23.4 Å². The van der Waals surface area contributed by atoms with E-state index in [1.54, 1.807) is 18.2 Å². The largest absolute Gasteiger partial charge is 0.465 e. The van der Waals surface area contributed by atoms with E-state index in [0.29, 0.717) is 34.6 Å². The Morgan fingerprint density at radius 1 is 0.917 bits per heavy atom. The molecule has 2 N–H and O–H groups in total. The summed E-state index contributed by atoms with van der Waals surface area (Å²) >= 11 is 0. The van der Waals surface area contributed by atoms with Gasteiger partial charge in [-0.1, -0.05) is 48.5 Å². The highest BCUT2D eigenvalue weighted by molar-refractivity contribution is 6.37. The number of fused-ring (bicyclic) bond motifs is 1. The number of amides is 1. The van der Waals surface area contributed by atoms with Gasteiger partial charge >= 0.3 is 5.97 Å². The zero-order chi connectivity index (χ0) is 25.8. The van der Waals surface area contributed by atoms with Crippen LogP contribution in [-0.4, -0.2) is 36.0 Å². The SMILES string of the molecule is COC(=O)c1ccc2c(c1)NC(=O)/C2=C(\Nc1ccc(CN(C(C)C)C(C)C)cc1)c1ccccc1. The van der Waals surface area contributed by atoms with Crippen LogP contribution in [0.25, 0.3) is 11.3 Å². The number of benzene rings is 3. The minimum Gasteiger partial charge on any atom is -0.465 e. The first-order chi connectivity index (χ1) is 17.3. The van der Waals surface area contributed by atoms with Crippen LogP contribution >= 0.6 is 0 Å². The number of carbonyl (C=O) groups is 2. The predicted octanol–water partition coefficient (Wildman–Crippen LogP) is 6.02. The summed E-state index contributed by atoms with van der Waals surface area (Å²) in [5.41, 5.74) is 5.96. The third-order valence-corrected chi connectivity index (χ3v) is 6.41. The summed E-state index contributed by atoms with van der Waals surface area (Å²) < 4.78 is 4.83. The lowest BCUT2D eigenvalue weighted by molar-refractivity contribution is -0.110. The van der Waals surface area contributed by atoms with Crippen molar-refractivity contribution < 1.29 is 14.3 Å². The van der Waals surface area contributed by atoms with Crippen LogP contribution in [0, 0.1) is 0 Å². The first-order valence-corrected chi connectivity index (χ1v) is 12.2. The maximum Gasteiger partial charge on any atom is 0.337 e. The molecule has 0 bridgehead atoms. The minimum atomic E-state index is -0.445. The van der Waals surface area contributed by atoms with Crippen LogP contribution in [0.5, 0.6) is 0 Å². The van der Waals surface area contributed by atoms with Gasteiger partial charge in [0, 0.05) is 29.9 Å². The molecule has 0 spiro atoms. The summed E-state index contributed by atoms with van der Waals surface area (Å²) in [6, 6.07) is 24.2. The van der Waals surface area contributed by atoms with Crippen LogP contribution in [0.15, 0.2) is 72.8 Å². The van der Waals surface area contributed by atoms with Gasteiger partial charge in [0.1, 0.15) is 0 Å². The highest BCUT2D eigenvalue weighted by Crippen LogP contribution is 2.38. The summed E-state index contributed by atoms with van der Waals surface area (Å²) in [5.74, 6) is -0.668. The van der Waals surface area contributed by atoms with Crippen molar-refractivity contribution in [3.05, 3.63) is 95.1 Å². The van der Waals surface area contributed by atoms with Crippen LogP contribution in [0.3, 0.4) is 0 Å². The molecule has 0 fully saturated rings. The van der Waals surface area contributed by atoms with Crippen molar-refractivity contribution in [1.82, 2.24) is 4.90 Å². The van der Waals surface area contributed by atoms with Gasteiger partial charge in [0.25, 0.3) is 5.91 Å². The number of esters is 1. The Labute approximate surface area is 213 Å². The Bertz CT molecular complexity index is 1270. The highest BCUT2D eigenvalue weighted by Gasteiger charge is 2.29. The summed E-state index contributed by atoms with van der Waals surface area (Å²) in [4.78, 5) is 27.6. The molecule has 0 radical (unpaired) electrons. The number of hydrogen-bond donors (Lipinski definition) is 2. The number of ether oxygens (including phenoxy) is 1. The summed E-state index contributed by atoms with van der Waals surface area (Å²) in [7, 11) is 1.34. The van der Waals surface area contributed by atoms with Crippen molar-refractivity contribution in [2.45, 2.75) is 46.3 Å². The number of nitrogens with zero attached hydrogens (tertiary/aromatic N) is 1. The molecular weight excluding hydrogens is 450 g/mol. The first-order valence-electron chi connectivity index (χ1n) is 12.2. The summed E-state index contributed by atoms with van der Waals surface area (Å²) in [6.07, 6.45) is 0. The van der Waals surface area contributed by atoms with Crippen LogP contribution in [0.2, 0.25) is 0 Å². The third kappa shape index (κ3) is 5.34. The Morgan fingerprint density at radius 2 is 1.58 bits per heavy atom. The predicted molar refractivity (Wildman–Crippen MR) is 146 cm³/mol. The van der Waals surface area contributed by atoms with Gasteiger partial charge in [-0.25, -0.2) is 4.79 Å². The van der Waals surface area contributed by atoms with Crippen molar-refractivity contribution in [1.29, 1.82) is 0 Å². The zero-order valence-corrected chi connectivity index (χ0v) is 21.5. The van der Waals surface area contributed by atoms with Gasteiger partial charge in [-0.3, -0.25) is 9.69 Å². The quantitative estimate of drug-likeness (QED) is 0.303. The molecule has 0 aromatic heterocycles. The molecule has 6 nitrogen and oxygen atoms in total. The minimum absolute atomic E-state index is 0.223. The molecule has 0 saturated carbocycles. The molecular formula is C30H33N3O3. The fourth-order valence-electron chi connectivity index (χ4n) is 4.56. The van der Waals surface area contributed by atoms with Crippen molar-refractivity contribution in [2.75, 3.05) is 17.7 Å². The number of hydrogen-bond acceptors (Lipinski definition) is 5. The van der Waals surface area contributed by atoms with E-state index < -0.39 is 5.97 Å². The molecule has 1 heterocycles. The molecule has 0 unspecified atom stereocenters. The van der Waals surface area contributed by atoms with Gasteiger partial charge < -0.3 is 15.4 Å². The van der Waals surface area contributed by atoms with Crippen LogP contribution in [0.4, 0.5) is 11.4 Å². The first kappa shape index (κ1) is 25.2. The molecule has 1 aliphatic rings. The van der Waals surface area contributed by atoms with Crippen LogP contribution in [-0.2, 0) is 16.1 Å². The second kappa shape index (κ2) is 10.8. The fraction of sp³-hybridized carbons (Fsp3) is 0.267. The average Bonchev–Trinajstić information content (AvgIpc) is 3.20. The van der Waals surface area contributed by atoms with Crippen molar-refractivity contribution >= 4 is 34.5 Å². The van der Waals surface area contributed by atoms with Gasteiger partial charge in [0.2, 0.25) is 0 Å².